The van der Waals surface area contributed by atoms with Crippen molar-refractivity contribution in [2.75, 3.05) is 11.4 Å². The molecule has 1 aliphatic rings. The molecular weight excluding hydrogens is 268 g/mol. The van der Waals surface area contributed by atoms with E-state index in [2.05, 4.69) is 4.98 Å². The molecule has 0 saturated heterocycles. The number of aromatic amines is 1. The predicted octanol–water partition coefficient (Wildman–Crippen LogP) is 2.46. The van der Waals surface area contributed by atoms with Crippen molar-refractivity contribution in [2.45, 2.75) is 19.4 Å². The number of anilines is 1. The highest BCUT2D eigenvalue weighted by Gasteiger charge is 2.24. The Kier molecular flexibility index (Phi) is 3.73. The van der Waals surface area contributed by atoms with Gasteiger partial charge in [0.2, 0.25) is 5.56 Å². The summed E-state index contributed by atoms with van der Waals surface area (Å²) in [5.74, 6) is 0. The Morgan fingerprint density at radius 3 is 2.81 bits per heavy atom. The molecular formula is C16H16N2O3. The van der Waals surface area contributed by atoms with Crippen LogP contribution in [0, 0.1) is 0 Å². The number of nitrogens with one attached hydrogen (secondary N) is 1. The number of fused-ring (bicyclic) bond motifs is 1. The Labute approximate surface area is 122 Å². The van der Waals surface area contributed by atoms with Gasteiger partial charge in [-0.2, -0.15) is 0 Å². The lowest BCUT2D eigenvalue weighted by Crippen LogP contribution is -2.37. The molecule has 1 aliphatic heterocycles. The average molecular weight is 284 g/mol. The molecule has 0 bridgehead atoms. The average Bonchev–Trinajstić information content (AvgIpc) is 2.52. The number of hydrogen-bond acceptors (Lipinski definition) is 3. The van der Waals surface area contributed by atoms with Gasteiger partial charge in [-0.25, -0.2) is 4.79 Å². The molecule has 5 heteroatoms. The number of carbonyl (C=O) groups is 1. The molecule has 0 aliphatic carbocycles. The smallest absolute Gasteiger partial charge is 0.414 e. The lowest BCUT2D eigenvalue weighted by atomic mass is 10.1. The van der Waals surface area contributed by atoms with Crippen molar-refractivity contribution < 1.29 is 9.53 Å². The molecule has 108 valence electrons. The van der Waals surface area contributed by atoms with Crippen LogP contribution in [0.1, 0.15) is 17.7 Å². The number of hydrogen-bond donors (Lipinski definition) is 1. The van der Waals surface area contributed by atoms with Crippen molar-refractivity contribution in [1.82, 2.24) is 4.98 Å². The maximum absolute atomic E-state index is 12.2. The predicted molar refractivity (Wildman–Crippen MR) is 79.4 cm³/mol. The van der Waals surface area contributed by atoms with Crippen molar-refractivity contribution in [3.05, 3.63) is 64.1 Å². The Morgan fingerprint density at radius 1 is 1.19 bits per heavy atom. The maximum atomic E-state index is 12.2. The van der Waals surface area contributed by atoms with Gasteiger partial charge < -0.3 is 9.72 Å². The zero-order valence-electron chi connectivity index (χ0n) is 11.5. The van der Waals surface area contributed by atoms with Crippen molar-refractivity contribution in [3.8, 4) is 0 Å². The van der Waals surface area contributed by atoms with Crippen LogP contribution in [0.25, 0.3) is 0 Å². The van der Waals surface area contributed by atoms with E-state index in [-0.39, 0.29) is 18.3 Å². The fraction of sp³-hybridized carbons (Fsp3) is 0.250. The van der Waals surface area contributed by atoms with Crippen molar-refractivity contribution in [2.24, 2.45) is 0 Å². The van der Waals surface area contributed by atoms with E-state index in [0.717, 1.165) is 29.8 Å². The highest BCUT2D eigenvalue weighted by molar-refractivity contribution is 5.88. The Morgan fingerprint density at radius 2 is 2.00 bits per heavy atom. The number of nitrogens with zero attached hydrogens (tertiary/aromatic N) is 1. The summed E-state index contributed by atoms with van der Waals surface area (Å²) < 4.78 is 5.35. The second-order valence-corrected chi connectivity index (χ2v) is 4.98. The molecule has 0 saturated carbocycles. The highest BCUT2D eigenvalue weighted by atomic mass is 16.6. The van der Waals surface area contributed by atoms with E-state index < -0.39 is 0 Å². The molecule has 3 rings (SSSR count). The van der Waals surface area contributed by atoms with Crippen LogP contribution in [0.4, 0.5) is 10.5 Å². The summed E-state index contributed by atoms with van der Waals surface area (Å²) in [5, 5.41) is 0. The number of rotatable bonds is 2. The van der Waals surface area contributed by atoms with Gasteiger partial charge in [0.05, 0.1) is 5.69 Å². The molecule has 1 N–H and O–H groups in total. The van der Waals surface area contributed by atoms with E-state index in [4.69, 9.17) is 4.74 Å². The summed E-state index contributed by atoms with van der Waals surface area (Å²) >= 11 is 0. The van der Waals surface area contributed by atoms with Crippen molar-refractivity contribution in [1.29, 1.82) is 0 Å². The number of aryl methyl sites for hydroxylation is 1. The van der Waals surface area contributed by atoms with Gasteiger partial charge in [0.1, 0.15) is 6.61 Å². The zero-order valence-corrected chi connectivity index (χ0v) is 11.5. The fourth-order valence-corrected chi connectivity index (χ4v) is 2.47. The second kappa shape index (κ2) is 5.83. The number of amides is 1. The minimum absolute atomic E-state index is 0.145. The number of ether oxygens (including phenoxy) is 1. The number of carbonyl (C=O) groups excluding carboxylic acids is 1. The molecule has 0 radical (unpaired) electrons. The van der Waals surface area contributed by atoms with Crippen LogP contribution >= 0.6 is 0 Å². The molecule has 0 spiro atoms. The molecule has 1 aromatic heterocycles. The third-order valence-corrected chi connectivity index (χ3v) is 3.50. The lowest BCUT2D eigenvalue weighted by molar-refractivity contribution is 0.146. The standard InChI is InChI=1S/C16H16N2O3/c19-15-9-8-14-13(17-15)7-4-10-18(14)16(20)21-11-12-5-2-1-3-6-12/h1-3,5-6,8-9H,4,7,10-11H2,(H,17,19). The topological polar surface area (TPSA) is 62.4 Å². The minimum Gasteiger partial charge on any atom is -0.444 e. The second-order valence-electron chi connectivity index (χ2n) is 4.98. The van der Waals surface area contributed by atoms with Crippen LogP contribution in [0.2, 0.25) is 0 Å². The molecule has 1 amide bonds. The molecule has 2 aromatic rings. The van der Waals surface area contributed by atoms with Crippen molar-refractivity contribution >= 4 is 11.8 Å². The Bertz CT molecular complexity index is 694. The van der Waals surface area contributed by atoms with E-state index in [1.54, 1.807) is 11.0 Å². The van der Waals surface area contributed by atoms with Gasteiger partial charge in [-0.1, -0.05) is 30.3 Å². The van der Waals surface area contributed by atoms with Crippen LogP contribution in [0.15, 0.2) is 47.3 Å². The largest absolute Gasteiger partial charge is 0.444 e. The normalized spacial score (nSPS) is 13.6. The first-order chi connectivity index (χ1) is 10.2. The molecule has 21 heavy (non-hydrogen) atoms. The highest BCUT2D eigenvalue weighted by Crippen LogP contribution is 2.24. The zero-order chi connectivity index (χ0) is 14.7. The maximum Gasteiger partial charge on any atom is 0.414 e. The van der Waals surface area contributed by atoms with E-state index in [0.29, 0.717) is 6.54 Å². The molecule has 1 aromatic carbocycles. The first-order valence-corrected chi connectivity index (χ1v) is 6.94. The third kappa shape index (κ3) is 2.97. The van der Waals surface area contributed by atoms with Gasteiger partial charge in [-0.05, 0) is 24.5 Å². The van der Waals surface area contributed by atoms with Crippen LogP contribution in [-0.2, 0) is 17.8 Å². The minimum atomic E-state index is -0.383. The van der Waals surface area contributed by atoms with Crippen LogP contribution < -0.4 is 10.5 Å². The summed E-state index contributed by atoms with van der Waals surface area (Å²) in [7, 11) is 0. The molecule has 2 heterocycles. The van der Waals surface area contributed by atoms with E-state index in [1.807, 2.05) is 30.3 Å². The molecule has 0 fully saturated rings. The summed E-state index contributed by atoms with van der Waals surface area (Å²) in [4.78, 5) is 27.9. The lowest BCUT2D eigenvalue weighted by Gasteiger charge is -2.28. The summed E-state index contributed by atoms with van der Waals surface area (Å²) in [6, 6.07) is 12.7. The van der Waals surface area contributed by atoms with Crippen LogP contribution in [0.5, 0.6) is 0 Å². The Balaban J connectivity index is 1.73. The van der Waals surface area contributed by atoms with E-state index >= 15 is 0 Å². The van der Waals surface area contributed by atoms with Crippen molar-refractivity contribution in [3.63, 3.8) is 0 Å². The first kappa shape index (κ1) is 13.4. The fourth-order valence-electron chi connectivity index (χ4n) is 2.47. The van der Waals surface area contributed by atoms with Crippen LogP contribution in [-0.4, -0.2) is 17.6 Å². The third-order valence-electron chi connectivity index (χ3n) is 3.50. The first-order valence-electron chi connectivity index (χ1n) is 6.94. The van der Waals surface area contributed by atoms with E-state index in [9.17, 15) is 9.59 Å². The number of H-pyrrole nitrogens is 1. The number of pyridine rings is 1. The summed E-state index contributed by atoms with van der Waals surface area (Å²) in [6.07, 6.45) is 1.20. The Hall–Kier alpha value is -2.56. The number of aromatic nitrogens is 1. The SMILES string of the molecule is O=C(OCc1ccccc1)N1CCCc2[nH]c(=O)ccc21. The quantitative estimate of drug-likeness (QED) is 0.921. The molecule has 0 unspecified atom stereocenters. The van der Waals surface area contributed by atoms with Gasteiger partial charge in [-0.3, -0.25) is 9.69 Å². The van der Waals surface area contributed by atoms with Gasteiger partial charge in [0.25, 0.3) is 0 Å². The summed E-state index contributed by atoms with van der Waals surface area (Å²) in [6.45, 7) is 0.849. The van der Waals surface area contributed by atoms with E-state index in [1.165, 1.54) is 6.07 Å². The van der Waals surface area contributed by atoms with Gasteiger partial charge in [-0.15, -0.1) is 0 Å². The van der Waals surface area contributed by atoms with Gasteiger partial charge in [0, 0.05) is 18.3 Å². The van der Waals surface area contributed by atoms with Gasteiger partial charge >= 0.3 is 6.09 Å². The molecule has 0 atom stereocenters. The van der Waals surface area contributed by atoms with Crippen LogP contribution in [0.3, 0.4) is 0 Å². The monoisotopic (exact) mass is 284 g/mol. The summed E-state index contributed by atoms with van der Waals surface area (Å²) in [5.41, 5.74) is 2.34. The number of benzene rings is 1. The molecule has 5 nitrogen and oxygen atoms in total. The van der Waals surface area contributed by atoms with Gasteiger partial charge in [0.15, 0.2) is 0 Å².